The smallest absolute Gasteiger partial charge is 0.330 e. The third-order valence-corrected chi connectivity index (χ3v) is 3.70. The minimum atomic E-state index is -2.14. The molecule has 1 aromatic rings. The Labute approximate surface area is 151 Å². The molecule has 0 spiro atoms. The van der Waals surface area contributed by atoms with E-state index in [1.54, 1.807) is 6.92 Å². The van der Waals surface area contributed by atoms with Crippen LogP contribution in [0.3, 0.4) is 0 Å². The molecule has 2 atom stereocenters. The number of esters is 1. The predicted molar refractivity (Wildman–Crippen MR) is 91.4 cm³/mol. The summed E-state index contributed by atoms with van der Waals surface area (Å²) in [5.41, 5.74) is -2.14. The number of nitrogens with zero attached hydrogens (tertiary/aromatic N) is 1. The standard InChI is InChI=1S/C16H26N4O6/c1-4-26-13(22)11(12-17-6-7-18-12)16(5-8-21,14(23)24)20-15(25)19-9-10(2)3/h6-7,10-11,21H,4-5,8-9H2,1-3H3,(H,17,18)(H,23,24)(H2,19,20,25). The second-order valence-corrected chi connectivity index (χ2v) is 6.14. The fourth-order valence-corrected chi connectivity index (χ4v) is 2.49. The van der Waals surface area contributed by atoms with Gasteiger partial charge in [-0.3, -0.25) is 4.79 Å². The number of urea groups is 1. The van der Waals surface area contributed by atoms with Gasteiger partial charge in [0.15, 0.2) is 5.54 Å². The highest BCUT2D eigenvalue weighted by atomic mass is 16.5. The van der Waals surface area contributed by atoms with E-state index in [2.05, 4.69) is 20.6 Å². The average Bonchev–Trinajstić information content (AvgIpc) is 3.07. The lowest BCUT2D eigenvalue weighted by Gasteiger charge is -2.35. The van der Waals surface area contributed by atoms with Crippen LogP contribution in [0.25, 0.3) is 0 Å². The molecule has 10 nitrogen and oxygen atoms in total. The van der Waals surface area contributed by atoms with E-state index < -0.39 is 42.5 Å². The van der Waals surface area contributed by atoms with Crippen molar-refractivity contribution in [2.24, 2.45) is 5.92 Å². The van der Waals surface area contributed by atoms with Crippen molar-refractivity contribution < 1.29 is 29.3 Å². The summed E-state index contributed by atoms with van der Waals surface area (Å²) in [6.07, 6.45) is 2.36. The van der Waals surface area contributed by atoms with E-state index in [1.165, 1.54) is 12.4 Å². The summed E-state index contributed by atoms with van der Waals surface area (Å²) in [5.74, 6) is -3.66. The Kier molecular flexibility index (Phi) is 8.04. The first kappa shape index (κ1) is 21.4. The summed E-state index contributed by atoms with van der Waals surface area (Å²) < 4.78 is 4.99. The van der Waals surface area contributed by atoms with Gasteiger partial charge in [-0.05, 0) is 12.8 Å². The number of aliphatic carboxylic acids is 1. The van der Waals surface area contributed by atoms with Gasteiger partial charge >= 0.3 is 18.0 Å². The summed E-state index contributed by atoms with van der Waals surface area (Å²) in [5, 5.41) is 24.2. The van der Waals surface area contributed by atoms with Gasteiger partial charge in [0.25, 0.3) is 0 Å². The molecule has 0 bridgehead atoms. The number of aromatic nitrogens is 2. The highest BCUT2D eigenvalue weighted by Crippen LogP contribution is 2.31. The van der Waals surface area contributed by atoms with E-state index in [0.717, 1.165) is 0 Å². The Morgan fingerprint density at radius 3 is 2.54 bits per heavy atom. The number of aliphatic hydroxyl groups is 1. The van der Waals surface area contributed by atoms with E-state index in [-0.39, 0.29) is 18.3 Å². The SMILES string of the molecule is CCOC(=O)C(c1ncc[nH]1)C(CCO)(NC(=O)NCC(C)C)C(=O)O. The van der Waals surface area contributed by atoms with E-state index in [1.807, 2.05) is 13.8 Å². The van der Waals surface area contributed by atoms with Crippen molar-refractivity contribution in [3.63, 3.8) is 0 Å². The number of ether oxygens (including phenoxy) is 1. The quantitative estimate of drug-likeness (QED) is 0.369. The molecule has 26 heavy (non-hydrogen) atoms. The Morgan fingerprint density at radius 2 is 2.08 bits per heavy atom. The van der Waals surface area contributed by atoms with E-state index in [9.17, 15) is 24.6 Å². The van der Waals surface area contributed by atoms with Gasteiger partial charge < -0.3 is 30.6 Å². The summed E-state index contributed by atoms with van der Waals surface area (Å²) in [4.78, 5) is 43.5. The molecule has 0 aliphatic carbocycles. The normalized spacial score (nSPS) is 14.3. The molecule has 146 valence electrons. The van der Waals surface area contributed by atoms with Crippen LogP contribution in [0.2, 0.25) is 0 Å². The van der Waals surface area contributed by atoms with Crippen LogP contribution in [0.15, 0.2) is 12.4 Å². The zero-order chi connectivity index (χ0) is 19.7. The van der Waals surface area contributed by atoms with Gasteiger partial charge in [-0.1, -0.05) is 13.8 Å². The number of nitrogens with one attached hydrogen (secondary N) is 3. The molecule has 0 saturated heterocycles. The summed E-state index contributed by atoms with van der Waals surface area (Å²) >= 11 is 0. The third kappa shape index (κ3) is 5.19. The highest BCUT2D eigenvalue weighted by Gasteiger charge is 2.53. The number of imidazole rings is 1. The molecule has 1 rings (SSSR count). The number of carbonyl (C=O) groups is 3. The number of hydrogen-bond donors (Lipinski definition) is 5. The lowest BCUT2D eigenvalue weighted by Crippen LogP contribution is -2.63. The molecule has 0 aliphatic heterocycles. The molecule has 5 N–H and O–H groups in total. The number of carboxylic acids is 1. The van der Waals surface area contributed by atoms with Crippen molar-refractivity contribution in [1.29, 1.82) is 0 Å². The molecule has 0 radical (unpaired) electrons. The van der Waals surface area contributed by atoms with Gasteiger partial charge in [0.1, 0.15) is 11.7 Å². The molecule has 0 saturated carbocycles. The second kappa shape index (κ2) is 9.76. The van der Waals surface area contributed by atoms with E-state index in [0.29, 0.717) is 6.54 Å². The van der Waals surface area contributed by atoms with Crippen LogP contribution in [0.1, 0.15) is 38.9 Å². The van der Waals surface area contributed by atoms with Crippen molar-refractivity contribution in [2.75, 3.05) is 19.8 Å². The Morgan fingerprint density at radius 1 is 1.38 bits per heavy atom. The minimum Gasteiger partial charge on any atom is -0.479 e. The Hall–Kier alpha value is -2.62. The maximum Gasteiger partial charge on any atom is 0.330 e. The zero-order valence-electron chi connectivity index (χ0n) is 15.1. The maximum atomic E-state index is 12.5. The fraction of sp³-hybridized carbons (Fsp3) is 0.625. The van der Waals surface area contributed by atoms with Crippen LogP contribution in [-0.4, -0.2) is 63.4 Å². The van der Waals surface area contributed by atoms with Gasteiger partial charge in [-0.2, -0.15) is 0 Å². The van der Waals surface area contributed by atoms with Crippen molar-refractivity contribution in [3.8, 4) is 0 Å². The van der Waals surface area contributed by atoms with Crippen LogP contribution >= 0.6 is 0 Å². The van der Waals surface area contributed by atoms with Crippen LogP contribution in [0.4, 0.5) is 4.79 Å². The molecule has 1 heterocycles. The zero-order valence-corrected chi connectivity index (χ0v) is 15.1. The van der Waals surface area contributed by atoms with E-state index >= 15 is 0 Å². The fourth-order valence-electron chi connectivity index (χ4n) is 2.49. The molecule has 2 unspecified atom stereocenters. The van der Waals surface area contributed by atoms with Crippen molar-refractivity contribution in [2.45, 2.75) is 38.6 Å². The highest BCUT2D eigenvalue weighted by molar-refractivity contribution is 5.94. The average molecular weight is 370 g/mol. The molecular formula is C16H26N4O6. The summed E-state index contributed by atoms with van der Waals surface area (Å²) in [6, 6.07) is -0.768. The van der Waals surface area contributed by atoms with Crippen LogP contribution in [0.5, 0.6) is 0 Å². The first-order chi connectivity index (χ1) is 12.3. The number of carboxylic acid groups (broad SMARTS) is 1. The van der Waals surface area contributed by atoms with E-state index in [4.69, 9.17) is 4.74 Å². The Bertz CT molecular complexity index is 604. The van der Waals surface area contributed by atoms with Gasteiger partial charge in [0.2, 0.25) is 0 Å². The number of aromatic amines is 1. The number of hydrogen-bond acceptors (Lipinski definition) is 6. The topological polar surface area (TPSA) is 154 Å². The molecular weight excluding hydrogens is 344 g/mol. The molecule has 0 aliphatic rings. The number of H-pyrrole nitrogens is 1. The lowest BCUT2D eigenvalue weighted by molar-refractivity contribution is -0.157. The summed E-state index contributed by atoms with van der Waals surface area (Å²) in [7, 11) is 0. The molecule has 0 aromatic carbocycles. The minimum absolute atomic E-state index is 0.0171. The number of carbonyl (C=O) groups excluding carboxylic acids is 2. The lowest BCUT2D eigenvalue weighted by atomic mass is 9.80. The monoisotopic (exact) mass is 370 g/mol. The van der Waals surface area contributed by atoms with Gasteiger partial charge in [-0.15, -0.1) is 0 Å². The van der Waals surface area contributed by atoms with Gasteiger partial charge in [0.05, 0.1) is 6.61 Å². The first-order valence-electron chi connectivity index (χ1n) is 8.34. The van der Waals surface area contributed by atoms with Crippen molar-refractivity contribution in [1.82, 2.24) is 20.6 Å². The third-order valence-electron chi connectivity index (χ3n) is 3.70. The molecule has 10 heteroatoms. The van der Waals surface area contributed by atoms with Crippen LogP contribution < -0.4 is 10.6 Å². The predicted octanol–water partition coefficient (Wildman–Crippen LogP) is 0.217. The molecule has 2 amide bonds. The van der Waals surface area contributed by atoms with Crippen LogP contribution in [-0.2, 0) is 14.3 Å². The number of rotatable bonds is 10. The Balaban J connectivity index is 3.31. The number of aliphatic hydroxyl groups excluding tert-OH is 1. The van der Waals surface area contributed by atoms with Gasteiger partial charge in [-0.25, -0.2) is 14.6 Å². The summed E-state index contributed by atoms with van der Waals surface area (Å²) in [6.45, 7) is 5.09. The second-order valence-electron chi connectivity index (χ2n) is 6.14. The molecule has 1 aromatic heterocycles. The number of amides is 2. The first-order valence-corrected chi connectivity index (χ1v) is 8.34. The van der Waals surface area contributed by atoms with Crippen molar-refractivity contribution in [3.05, 3.63) is 18.2 Å². The maximum absolute atomic E-state index is 12.5. The molecule has 0 fully saturated rings. The van der Waals surface area contributed by atoms with Gasteiger partial charge in [0, 0.05) is 32.0 Å². The van der Waals surface area contributed by atoms with Crippen LogP contribution in [0, 0.1) is 5.92 Å². The van der Waals surface area contributed by atoms with Crippen molar-refractivity contribution >= 4 is 18.0 Å². The largest absolute Gasteiger partial charge is 0.479 e.